The van der Waals surface area contributed by atoms with E-state index in [4.69, 9.17) is 15.0 Å². The predicted octanol–water partition coefficient (Wildman–Crippen LogP) is 7.74. The number of fused-ring (bicyclic) bond motifs is 2. The number of imidazole rings is 2. The van der Waals surface area contributed by atoms with Crippen molar-refractivity contribution in [1.82, 2.24) is 69.9 Å². The molecule has 9 rings (SSSR count). The molecule has 4 N–H and O–H groups in total. The van der Waals surface area contributed by atoms with Gasteiger partial charge in [-0.15, -0.1) is 0 Å². The van der Waals surface area contributed by atoms with Crippen molar-refractivity contribution < 1.29 is 18.4 Å². The maximum Gasteiger partial charge on any atom is 0.254 e. The van der Waals surface area contributed by atoms with E-state index in [0.717, 1.165) is 17.5 Å². The highest BCUT2D eigenvalue weighted by Gasteiger charge is 2.21. The lowest BCUT2D eigenvalue weighted by Crippen LogP contribution is -2.24. The Labute approximate surface area is 371 Å². The van der Waals surface area contributed by atoms with E-state index in [-0.39, 0.29) is 36.9 Å². The first-order valence-electron chi connectivity index (χ1n) is 21.2. The molecule has 16 nitrogen and oxygen atoms in total. The van der Waals surface area contributed by atoms with Crippen LogP contribution in [0.25, 0.3) is 67.4 Å². The standard InChI is InChI=1S/C47H46F2N14O2/c1-6-62-26-34(22-55-62)46(65)53-18-30-9-7-27(15-36(30)48)35-12-14-50-44-40(35)57-43(59-44)33-21-56-63(25-33)24-31-19-52-45-41(58-42(60-45)32-20-54-61(5)23-32)39(31)28-8-10-29(37(49)16-28)17-51-38(64)11-13-47(2,3)4/h7-10,12,14-16,19-23,25-26H,6,11,13,17-18,24H2,1-5H3,(H,51,64)(H,53,65)(H,50,57,59)(H,52,58,60). The minimum Gasteiger partial charge on any atom is -0.352 e. The quantitative estimate of drug-likeness (QED) is 0.0845. The Kier molecular flexibility index (Phi) is 11.3. The lowest BCUT2D eigenvalue weighted by Gasteiger charge is -2.17. The summed E-state index contributed by atoms with van der Waals surface area (Å²) in [6.07, 6.45) is 14.6. The number of aromatic amines is 2. The van der Waals surface area contributed by atoms with Crippen molar-refractivity contribution in [3.63, 3.8) is 0 Å². The number of amides is 2. The summed E-state index contributed by atoms with van der Waals surface area (Å²) >= 11 is 0. The maximum absolute atomic E-state index is 15.9. The zero-order valence-electron chi connectivity index (χ0n) is 36.4. The van der Waals surface area contributed by atoms with E-state index in [1.807, 2.05) is 32.4 Å². The van der Waals surface area contributed by atoms with Gasteiger partial charge in [0.25, 0.3) is 5.91 Å². The van der Waals surface area contributed by atoms with Crippen molar-refractivity contribution in [3.05, 3.63) is 126 Å². The van der Waals surface area contributed by atoms with Gasteiger partial charge in [-0.1, -0.05) is 45.0 Å². The molecule has 65 heavy (non-hydrogen) atoms. The number of carbonyl (C=O) groups excluding carboxylic acids is 2. The van der Waals surface area contributed by atoms with Crippen molar-refractivity contribution in [2.45, 2.75) is 66.7 Å². The topological polar surface area (TPSA) is 195 Å². The highest BCUT2D eigenvalue weighted by molar-refractivity contribution is 5.95. The average molecular weight is 877 g/mol. The Morgan fingerprint density at radius 3 is 2.06 bits per heavy atom. The molecule has 0 saturated heterocycles. The largest absolute Gasteiger partial charge is 0.352 e. The number of carbonyl (C=O) groups is 2. The molecule has 0 atom stereocenters. The van der Waals surface area contributed by atoms with Crippen LogP contribution in [0.3, 0.4) is 0 Å². The van der Waals surface area contributed by atoms with Gasteiger partial charge in [0, 0.05) is 91.9 Å². The van der Waals surface area contributed by atoms with E-state index in [2.05, 4.69) is 61.7 Å². The third-order valence-corrected chi connectivity index (χ3v) is 11.1. The van der Waals surface area contributed by atoms with Crippen molar-refractivity contribution in [3.8, 4) is 45.0 Å². The van der Waals surface area contributed by atoms with Gasteiger partial charge in [0.1, 0.15) is 34.3 Å². The second-order valence-electron chi connectivity index (χ2n) is 17.1. The predicted molar refractivity (Wildman–Crippen MR) is 241 cm³/mol. The Morgan fingerprint density at radius 1 is 0.708 bits per heavy atom. The van der Waals surface area contributed by atoms with Gasteiger partial charge < -0.3 is 20.6 Å². The molecular weight excluding hydrogens is 831 g/mol. The lowest BCUT2D eigenvalue weighted by molar-refractivity contribution is -0.121. The lowest BCUT2D eigenvalue weighted by atomic mass is 9.90. The second-order valence-corrected chi connectivity index (χ2v) is 17.1. The fraction of sp³-hybridized carbons (Fsp3) is 0.255. The molecule has 0 unspecified atom stereocenters. The Morgan fingerprint density at radius 2 is 1.37 bits per heavy atom. The molecule has 9 aromatic rings. The highest BCUT2D eigenvalue weighted by atomic mass is 19.1. The van der Waals surface area contributed by atoms with Crippen LogP contribution in [-0.2, 0) is 38.0 Å². The number of pyridine rings is 2. The summed E-state index contributed by atoms with van der Waals surface area (Å²) in [6, 6.07) is 11.6. The van der Waals surface area contributed by atoms with Crippen molar-refractivity contribution in [2.24, 2.45) is 12.5 Å². The second kappa shape index (κ2) is 17.3. The third-order valence-electron chi connectivity index (χ3n) is 11.1. The minimum absolute atomic E-state index is 0.00627. The van der Waals surface area contributed by atoms with Gasteiger partial charge in [-0.05, 0) is 48.1 Å². The van der Waals surface area contributed by atoms with E-state index in [9.17, 15) is 9.59 Å². The van der Waals surface area contributed by atoms with Gasteiger partial charge in [-0.25, -0.2) is 28.7 Å². The number of hydrogen-bond donors (Lipinski definition) is 4. The summed E-state index contributed by atoms with van der Waals surface area (Å²) in [4.78, 5) is 50.8. The van der Waals surface area contributed by atoms with E-state index in [1.54, 1.807) is 69.3 Å². The Hall–Kier alpha value is -7.89. The molecule has 0 aliphatic rings. The maximum atomic E-state index is 15.9. The van der Waals surface area contributed by atoms with Crippen LogP contribution >= 0.6 is 0 Å². The molecule has 0 fully saturated rings. The van der Waals surface area contributed by atoms with E-state index >= 15 is 8.78 Å². The summed E-state index contributed by atoms with van der Waals surface area (Å²) in [5.74, 6) is -0.337. The summed E-state index contributed by atoms with van der Waals surface area (Å²) in [5.41, 5.74) is 7.88. The molecule has 0 aliphatic carbocycles. The SMILES string of the molecule is CCn1cc(C(=O)NCc2ccc(-c3ccnc4[nH]c(-c5cnn(Cc6cnc7[nH]c(-c8cnn(C)c8)nc7c6-c6ccc(CNC(=O)CCC(C)(C)C)c(F)c6)c5)nc34)cc2F)cn1. The number of benzene rings is 2. The van der Waals surface area contributed by atoms with Gasteiger partial charge in [0.2, 0.25) is 5.91 Å². The monoisotopic (exact) mass is 876 g/mol. The molecule has 18 heteroatoms. The minimum atomic E-state index is -0.474. The van der Waals surface area contributed by atoms with Crippen molar-refractivity contribution in [1.29, 1.82) is 0 Å². The zero-order chi connectivity index (χ0) is 45.4. The molecular formula is C47H46F2N14O2. The molecule has 0 radical (unpaired) electrons. The number of hydrogen-bond acceptors (Lipinski definition) is 9. The summed E-state index contributed by atoms with van der Waals surface area (Å²) < 4.78 is 36.4. The molecule has 7 aromatic heterocycles. The smallest absolute Gasteiger partial charge is 0.254 e. The number of aryl methyl sites for hydroxylation is 2. The van der Waals surface area contributed by atoms with Crippen LogP contribution in [0.2, 0.25) is 0 Å². The molecule has 2 amide bonds. The molecule has 2 aromatic carbocycles. The molecule has 0 bridgehead atoms. The van der Waals surface area contributed by atoms with Gasteiger partial charge >= 0.3 is 0 Å². The summed E-state index contributed by atoms with van der Waals surface area (Å²) in [5, 5.41) is 18.7. The molecule has 0 spiro atoms. The summed E-state index contributed by atoms with van der Waals surface area (Å²) in [7, 11) is 1.82. The van der Waals surface area contributed by atoms with Gasteiger partial charge in [-0.2, -0.15) is 15.3 Å². The fourth-order valence-corrected chi connectivity index (χ4v) is 7.55. The van der Waals surface area contributed by atoms with E-state index in [0.29, 0.717) is 91.4 Å². The molecule has 0 aliphatic heterocycles. The first-order valence-corrected chi connectivity index (χ1v) is 21.2. The van der Waals surface area contributed by atoms with E-state index < -0.39 is 11.6 Å². The number of aromatic nitrogens is 12. The van der Waals surface area contributed by atoms with Crippen LogP contribution in [0.4, 0.5) is 8.78 Å². The van der Waals surface area contributed by atoms with Crippen LogP contribution < -0.4 is 10.6 Å². The number of halogens is 2. The van der Waals surface area contributed by atoms with Gasteiger partial charge in [-0.3, -0.25) is 23.6 Å². The van der Waals surface area contributed by atoms with Crippen LogP contribution in [0.5, 0.6) is 0 Å². The highest BCUT2D eigenvalue weighted by Crippen LogP contribution is 2.34. The first kappa shape index (κ1) is 42.4. The zero-order valence-corrected chi connectivity index (χ0v) is 36.4. The Balaban J connectivity index is 0.972. The van der Waals surface area contributed by atoms with Gasteiger partial charge in [0.15, 0.2) is 11.3 Å². The number of nitrogens with zero attached hydrogens (tertiary/aromatic N) is 10. The average Bonchev–Trinajstić information content (AvgIpc) is 4.14. The van der Waals surface area contributed by atoms with E-state index in [1.165, 1.54) is 18.3 Å². The first-order chi connectivity index (χ1) is 31.3. The van der Waals surface area contributed by atoms with Crippen LogP contribution in [0.15, 0.2) is 92.0 Å². The van der Waals surface area contributed by atoms with Crippen molar-refractivity contribution in [2.75, 3.05) is 0 Å². The normalized spacial score (nSPS) is 11.8. The molecule has 330 valence electrons. The third kappa shape index (κ3) is 9.13. The molecule has 7 heterocycles. The van der Waals surface area contributed by atoms with Crippen molar-refractivity contribution >= 4 is 34.1 Å². The Bertz CT molecular complexity index is 3220. The fourth-order valence-electron chi connectivity index (χ4n) is 7.55. The van der Waals surface area contributed by atoms with Crippen LogP contribution in [0.1, 0.15) is 67.6 Å². The number of nitrogens with one attached hydrogen (secondary N) is 4. The van der Waals surface area contributed by atoms with Crippen LogP contribution in [-0.4, -0.2) is 71.1 Å². The number of rotatable bonds is 14. The van der Waals surface area contributed by atoms with Gasteiger partial charge in [0.05, 0.1) is 41.8 Å². The number of H-pyrrole nitrogens is 2. The molecule has 0 saturated carbocycles. The summed E-state index contributed by atoms with van der Waals surface area (Å²) in [6.45, 7) is 9.11. The van der Waals surface area contributed by atoms with Crippen LogP contribution in [0, 0.1) is 17.0 Å².